The van der Waals surface area contributed by atoms with Crippen LogP contribution in [0.1, 0.15) is 12.5 Å². The molecule has 0 fully saturated rings. The van der Waals surface area contributed by atoms with Crippen LogP contribution >= 0.6 is 23.2 Å². The molecule has 2 aromatic carbocycles. The summed E-state index contributed by atoms with van der Waals surface area (Å²) in [5.41, 5.74) is 1.69. The van der Waals surface area contributed by atoms with E-state index >= 15 is 0 Å². The lowest BCUT2D eigenvalue weighted by atomic mass is 10.2. The van der Waals surface area contributed by atoms with Crippen molar-refractivity contribution in [2.45, 2.75) is 13.0 Å². The fourth-order valence-electron chi connectivity index (χ4n) is 2.29. The Kier molecular flexibility index (Phi) is 4.97. The zero-order chi connectivity index (χ0) is 18.0. The van der Waals surface area contributed by atoms with Crippen LogP contribution in [0.15, 0.2) is 42.5 Å². The van der Waals surface area contributed by atoms with Gasteiger partial charge in [0.2, 0.25) is 5.91 Å². The number of benzene rings is 2. The summed E-state index contributed by atoms with van der Waals surface area (Å²) in [4.78, 5) is 23.7. The normalized spacial score (nSPS) is 16.1. The lowest BCUT2D eigenvalue weighted by molar-refractivity contribution is -0.122. The van der Waals surface area contributed by atoms with Crippen LogP contribution < -0.4 is 15.4 Å². The van der Waals surface area contributed by atoms with Crippen LogP contribution in [0.4, 0.5) is 11.4 Å². The summed E-state index contributed by atoms with van der Waals surface area (Å²) < 4.78 is 5.47. The molecule has 5 nitrogen and oxygen atoms in total. The number of ether oxygens (including phenoxy) is 1. The van der Waals surface area contributed by atoms with Crippen molar-refractivity contribution in [3.63, 3.8) is 0 Å². The van der Waals surface area contributed by atoms with Crippen LogP contribution in [0.2, 0.25) is 10.0 Å². The Morgan fingerprint density at radius 3 is 2.88 bits per heavy atom. The molecule has 2 amide bonds. The minimum atomic E-state index is -0.543. The van der Waals surface area contributed by atoms with Gasteiger partial charge in [0.1, 0.15) is 5.75 Å². The highest BCUT2D eigenvalue weighted by Crippen LogP contribution is 2.32. The first-order valence-corrected chi connectivity index (χ1v) is 8.24. The van der Waals surface area contributed by atoms with Gasteiger partial charge in [-0.3, -0.25) is 9.59 Å². The van der Waals surface area contributed by atoms with Crippen molar-refractivity contribution in [3.8, 4) is 5.75 Å². The molecule has 1 atom stereocenters. The molecule has 1 heterocycles. The number of hydrogen-bond donors (Lipinski definition) is 2. The molecule has 2 N–H and O–H groups in total. The summed E-state index contributed by atoms with van der Waals surface area (Å²) in [7, 11) is 0. The van der Waals surface area contributed by atoms with E-state index in [0.29, 0.717) is 32.7 Å². The van der Waals surface area contributed by atoms with E-state index in [-0.39, 0.29) is 11.8 Å². The molecule has 0 aromatic heterocycles. The molecule has 0 spiro atoms. The first kappa shape index (κ1) is 17.3. The predicted octanol–water partition coefficient (Wildman–Crippen LogP) is 4.36. The van der Waals surface area contributed by atoms with Gasteiger partial charge in [-0.05, 0) is 42.8 Å². The zero-order valence-corrected chi connectivity index (χ0v) is 14.7. The lowest BCUT2D eigenvalue weighted by Gasteiger charge is -2.23. The van der Waals surface area contributed by atoms with Crippen molar-refractivity contribution < 1.29 is 14.3 Å². The van der Waals surface area contributed by atoms with Crippen molar-refractivity contribution in [2.24, 2.45) is 0 Å². The summed E-state index contributed by atoms with van der Waals surface area (Å²) in [5.74, 6) is -0.00904. The molecule has 0 aliphatic carbocycles. The van der Waals surface area contributed by atoms with Gasteiger partial charge >= 0.3 is 0 Å². The standard InChI is InChI=1S/C18H14Cl2N2O3/c1-10-18(24)22-14-9-12(6-7-15(14)25-10)21-16(23)8-5-11-3-2-4-13(19)17(11)20/h2-10H,1H3,(H,21,23)(H,22,24)/b8-5+/t10-/m0/s1. The predicted molar refractivity (Wildman–Crippen MR) is 99.3 cm³/mol. The fraction of sp³-hybridized carbons (Fsp3) is 0.111. The van der Waals surface area contributed by atoms with E-state index in [2.05, 4.69) is 10.6 Å². The maximum atomic E-state index is 12.1. The number of rotatable bonds is 3. The number of nitrogens with one attached hydrogen (secondary N) is 2. The largest absolute Gasteiger partial charge is 0.479 e. The highest BCUT2D eigenvalue weighted by molar-refractivity contribution is 6.42. The number of carbonyl (C=O) groups is 2. The van der Waals surface area contributed by atoms with Gasteiger partial charge in [-0.2, -0.15) is 0 Å². The molecule has 1 aliphatic rings. The van der Waals surface area contributed by atoms with Gasteiger partial charge in [-0.1, -0.05) is 35.3 Å². The van der Waals surface area contributed by atoms with Crippen LogP contribution in [0, 0.1) is 0 Å². The minimum Gasteiger partial charge on any atom is -0.479 e. The number of halogens is 2. The van der Waals surface area contributed by atoms with Gasteiger partial charge in [0, 0.05) is 11.8 Å². The molecule has 25 heavy (non-hydrogen) atoms. The monoisotopic (exact) mass is 376 g/mol. The molecule has 0 radical (unpaired) electrons. The summed E-state index contributed by atoms with van der Waals surface area (Å²) in [5, 5.41) is 6.25. The van der Waals surface area contributed by atoms with Gasteiger partial charge in [-0.25, -0.2) is 0 Å². The Bertz CT molecular complexity index is 881. The van der Waals surface area contributed by atoms with Crippen molar-refractivity contribution in [1.29, 1.82) is 0 Å². The van der Waals surface area contributed by atoms with Crippen molar-refractivity contribution in [1.82, 2.24) is 0 Å². The van der Waals surface area contributed by atoms with Gasteiger partial charge in [0.15, 0.2) is 6.10 Å². The highest BCUT2D eigenvalue weighted by atomic mass is 35.5. The number of hydrogen-bond acceptors (Lipinski definition) is 3. The Balaban J connectivity index is 1.71. The molecule has 1 aliphatic heterocycles. The number of fused-ring (bicyclic) bond motifs is 1. The van der Waals surface area contributed by atoms with E-state index in [0.717, 1.165) is 0 Å². The zero-order valence-electron chi connectivity index (χ0n) is 13.2. The summed E-state index contributed by atoms with van der Waals surface area (Å²) in [6.45, 7) is 1.67. The van der Waals surface area contributed by atoms with Crippen molar-refractivity contribution in [2.75, 3.05) is 10.6 Å². The molecule has 2 aromatic rings. The lowest BCUT2D eigenvalue weighted by Crippen LogP contribution is -2.34. The van der Waals surface area contributed by atoms with Gasteiger partial charge in [0.25, 0.3) is 5.91 Å². The summed E-state index contributed by atoms with van der Waals surface area (Å²) in [6, 6.07) is 10.2. The van der Waals surface area contributed by atoms with Gasteiger partial charge in [0.05, 0.1) is 15.7 Å². The second-order valence-corrected chi connectivity index (χ2v) is 6.21. The second-order valence-electron chi connectivity index (χ2n) is 5.43. The van der Waals surface area contributed by atoms with Gasteiger partial charge in [-0.15, -0.1) is 0 Å². The number of anilines is 2. The molecule has 0 unspecified atom stereocenters. The van der Waals surface area contributed by atoms with Crippen molar-refractivity contribution in [3.05, 3.63) is 58.1 Å². The SMILES string of the molecule is C[C@@H]1Oc2ccc(NC(=O)/C=C/c3cccc(Cl)c3Cl)cc2NC1=O. The maximum Gasteiger partial charge on any atom is 0.265 e. The molecule has 0 saturated heterocycles. The highest BCUT2D eigenvalue weighted by Gasteiger charge is 2.23. The van der Waals surface area contributed by atoms with Crippen LogP contribution in [-0.4, -0.2) is 17.9 Å². The topological polar surface area (TPSA) is 67.4 Å². The van der Waals surface area contributed by atoms with Crippen molar-refractivity contribution >= 4 is 52.5 Å². The van der Waals surface area contributed by atoms with E-state index in [1.807, 2.05) is 0 Å². The first-order chi connectivity index (χ1) is 11.9. The molecule has 0 saturated carbocycles. The fourth-order valence-corrected chi connectivity index (χ4v) is 2.66. The van der Waals surface area contributed by atoms with Crippen LogP contribution in [0.3, 0.4) is 0 Å². The third kappa shape index (κ3) is 3.95. The number of amides is 2. The Morgan fingerprint density at radius 1 is 1.28 bits per heavy atom. The van der Waals surface area contributed by atoms with E-state index in [9.17, 15) is 9.59 Å². The summed E-state index contributed by atoms with van der Waals surface area (Å²) >= 11 is 12.0. The van der Waals surface area contributed by atoms with Gasteiger partial charge < -0.3 is 15.4 Å². The Hall–Kier alpha value is -2.50. The molecular weight excluding hydrogens is 363 g/mol. The minimum absolute atomic E-state index is 0.230. The summed E-state index contributed by atoms with van der Waals surface area (Å²) in [6.07, 6.45) is 2.39. The maximum absolute atomic E-state index is 12.1. The second kappa shape index (κ2) is 7.17. The van der Waals surface area contributed by atoms with E-state index in [1.54, 1.807) is 49.4 Å². The average molecular weight is 377 g/mol. The first-order valence-electron chi connectivity index (χ1n) is 7.48. The molecule has 7 heteroatoms. The Morgan fingerprint density at radius 2 is 2.08 bits per heavy atom. The average Bonchev–Trinajstić information content (AvgIpc) is 2.57. The van der Waals surface area contributed by atoms with Crippen LogP contribution in [0.5, 0.6) is 5.75 Å². The van der Waals surface area contributed by atoms with Crippen LogP contribution in [-0.2, 0) is 9.59 Å². The van der Waals surface area contributed by atoms with E-state index in [1.165, 1.54) is 6.08 Å². The smallest absolute Gasteiger partial charge is 0.265 e. The van der Waals surface area contributed by atoms with E-state index < -0.39 is 6.10 Å². The van der Waals surface area contributed by atoms with E-state index in [4.69, 9.17) is 27.9 Å². The third-order valence-electron chi connectivity index (χ3n) is 3.57. The molecule has 0 bridgehead atoms. The number of carbonyl (C=O) groups excluding carboxylic acids is 2. The third-order valence-corrected chi connectivity index (χ3v) is 4.41. The molecule has 128 valence electrons. The molecule has 3 rings (SSSR count). The molecular formula is C18H14Cl2N2O3. The van der Waals surface area contributed by atoms with Crippen LogP contribution in [0.25, 0.3) is 6.08 Å². The quantitative estimate of drug-likeness (QED) is 0.781. The Labute approximate surface area is 154 Å².